The Balaban J connectivity index is 1.38. The largest absolute Gasteiger partial charge is 0.494 e. The molecule has 0 unspecified atom stereocenters. The minimum atomic E-state index is -3.78. The van der Waals surface area contributed by atoms with E-state index in [2.05, 4.69) is 15.0 Å². The fourth-order valence-electron chi connectivity index (χ4n) is 2.92. The van der Waals surface area contributed by atoms with E-state index in [9.17, 15) is 13.2 Å². The first-order chi connectivity index (χ1) is 14.9. The average molecular weight is 457 g/mol. The highest BCUT2D eigenvalue weighted by molar-refractivity contribution is 7.92. The summed E-state index contributed by atoms with van der Waals surface area (Å²) in [5.74, 6) is 0.357. The minimum absolute atomic E-state index is 0.0623. The van der Waals surface area contributed by atoms with Gasteiger partial charge in [-0.15, -0.1) is 11.3 Å². The monoisotopic (exact) mass is 456 g/mol. The predicted molar refractivity (Wildman–Crippen MR) is 119 cm³/mol. The number of carbonyl (C=O) groups excluding carboxylic acids is 1. The number of anilines is 1. The Morgan fingerprint density at radius 3 is 2.55 bits per heavy atom. The van der Waals surface area contributed by atoms with Gasteiger partial charge < -0.3 is 10.1 Å². The molecule has 10 heteroatoms. The van der Waals surface area contributed by atoms with E-state index in [1.165, 1.54) is 35.6 Å². The Kier molecular flexibility index (Phi) is 5.92. The van der Waals surface area contributed by atoms with E-state index in [-0.39, 0.29) is 17.3 Å². The van der Waals surface area contributed by atoms with Crippen LogP contribution in [0.2, 0.25) is 0 Å². The Hall–Kier alpha value is -3.37. The second-order valence-corrected chi connectivity index (χ2v) is 9.15. The molecule has 0 aliphatic heterocycles. The topological polar surface area (TPSA) is 102 Å². The molecule has 1 amide bonds. The Bertz CT molecular complexity index is 1260. The summed E-state index contributed by atoms with van der Waals surface area (Å²) < 4.78 is 35.0. The number of ether oxygens (including phenoxy) is 1. The van der Waals surface area contributed by atoms with Crippen LogP contribution in [0.15, 0.2) is 71.2 Å². The number of aromatic nitrogens is 2. The number of nitrogens with zero attached hydrogens (tertiary/aromatic N) is 2. The standard InChI is InChI=1S/C21H20N4O4S2/c1-2-29-18-7-5-16(6-8-18)24-31(27,28)19-9-3-15(4-10-19)20(26)22-13-17-14-25-11-12-30-21(25)23-17/h3-12,14,24H,2,13H2,1H3,(H,22,26). The highest BCUT2D eigenvalue weighted by Gasteiger charge is 2.15. The quantitative estimate of drug-likeness (QED) is 0.422. The number of hydrogen-bond acceptors (Lipinski definition) is 6. The number of sulfonamides is 1. The van der Waals surface area contributed by atoms with Crippen LogP contribution in [0.1, 0.15) is 23.0 Å². The van der Waals surface area contributed by atoms with Gasteiger partial charge in [-0.05, 0) is 55.5 Å². The molecule has 8 nitrogen and oxygen atoms in total. The van der Waals surface area contributed by atoms with Crippen LogP contribution in [0, 0.1) is 0 Å². The van der Waals surface area contributed by atoms with E-state index in [4.69, 9.17) is 4.74 Å². The van der Waals surface area contributed by atoms with Crippen LogP contribution in [0.5, 0.6) is 5.75 Å². The van der Waals surface area contributed by atoms with Gasteiger partial charge in [0, 0.05) is 29.0 Å². The third kappa shape index (κ3) is 4.86. The molecule has 0 bridgehead atoms. The van der Waals surface area contributed by atoms with Gasteiger partial charge in [-0.3, -0.25) is 13.9 Å². The number of nitrogens with one attached hydrogen (secondary N) is 2. The molecule has 0 aliphatic rings. The maximum absolute atomic E-state index is 12.6. The molecule has 2 aromatic heterocycles. The predicted octanol–water partition coefficient (Wildman–Crippen LogP) is 3.53. The molecule has 2 heterocycles. The van der Waals surface area contributed by atoms with Crippen molar-refractivity contribution in [2.24, 2.45) is 0 Å². The summed E-state index contributed by atoms with van der Waals surface area (Å²) in [4.78, 5) is 17.7. The van der Waals surface area contributed by atoms with E-state index in [0.29, 0.717) is 23.6 Å². The van der Waals surface area contributed by atoms with Crippen molar-refractivity contribution in [2.75, 3.05) is 11.3 Å². The van der Waals surface area contributed by atoms with E-state index in [1.54, 1.807) is 24.3 Å². The van der Waals surface area contributed by atoms with Crippen LogP contribution < -0.4 is 14.8 Å². The van der Waals surface area contributed by atoms with Crippen LogP contribution in [0.3, 0.4) is 0 Å². The Morgan fingerprint density at radius 1 is 1.13 bits per heavy atom. The molecule has 160 valence electrons. The van der Waals surface area contributed by atoms with Crippen molar-refractivity contribution in [2.45, 2.75) is 18.4 Å². The van der Waals surface area contributed by atoms with Crippen LogP contribution in [0.4, 0.5) is 5.69 Å². The van der Waals surface area contributed by atoms with Crippen molar-refractivity contribution in [3.63, 3.8) is 0 Å². The molecule has 0 saturated heterocycles. The summed E-state index contributed by atoms with van der Waals surface area (Å²) in [6.07, 6.45) is 3.76. The van der Waals surface area contributed by atoms with Gasteiger partial charge in [0.2, 0.25) is 0 Å². The van der Waals surface area contributed by atoms with E-state index >= 15 is 0 Å². The molecule has 0 aliphatic carbocycles. The van der Waals surface area contributed by atoms with Crippen LogP contribution >= 0.6 is 11.3 Å². The summed E-state index contributed by atoms with van der Waals surface area (Å²) in [6.45, 7) is 2.69. The minimum Gasteiger partial charge on any atom is -0.494 e. The van der Waals surface area contributed by atoms with Gasteiger partial charge in [0.25, 0.3) is 15.9 Å². The number of imidazole rings is 1. The lowest BCUT2D eigenvalue weighted by Gasteiger charge is -2.10. The highest BCUT2D eigenvalue weighted by Crippen LogP contribution is 2.20. The number of carbonyl (C=O) groups is 1. The smallest absolute Gasteiger partial charge is 0.261 e. The zero-order valence-electron chi connectivity index (χ0n) is 16.6. The van der Waals surface area contributed by atoms with Crippen molar-refractivity contribution in [1.29, 1.82) is 0 Å². The maximum atomic E-state index is 12.6. The fourth-order valence-corrected chi connectivity index (χ4v) is 4.70. The molecule has 0 fully saturated rings. The zero-order chi connectivity index (χ0) is 21.8. The number of benzene rings is 2. The van der Waals surface area contributed by atoms with E-state index in [0.717, 1.165) is 10.7 Å². The number of fused-ring (bicyclic) bond motifs is 1. The summed E-state index contributed by atoms with van der Waals surface area (Å²) in [5.41, 5.74) is 1.53. The first-order valence-corrected chi connectivity index (χ1v) is 11.9. The van der Waals surface area contributed by atoms with Gasteiger partial charge in [-0.1, -0.05) is 0 Å². The highest BCUT2D eigenvalue weighted by atomic mass is 32.2. The van der Waals surface area contributed by atoms with Gasteiger partial charge in [0.15, 0.2) is 4.96 Å². The normalized spacial score (nSPS) is 11.4. The molecule has 31 heavy (non-hydrogen) atoms. The fraction of sp³-hybridized carbons (Fsp3) is 0.143. The molecular formula is C21H20N4O4S2. The molecule has 4 rings (SSSR count). The number of amides is 1. The third-order valence-electron chi connectivity index (χ3n) is 4.42. The van der Waals surface area contributed by atoms with E-state index in [1.807, 2.05) is 29.1 Å². The molecule has 0 radical (unpaired) electrons. The lowest BCUT2D eigenvalue weighted by molar-refractivity contribution is 0.0950. The van der Waals surface area contributed by atoms with Crippen molar-refractivity contribution >= 4 is 37.9 Å². The summed E-state index contributed by atoms with van der Waals surface area (Å²) in [7, 11) is -3.78. The first kappa shape index (κ1) is 20.9. The van der Waals surface area contributed by atoms with Crippen molar-refractivity contribution in [1.82, 2.24) is 14.7 Å². The van der Waals surface area contributed by atoms with Crippen LogP contribution in [-0.4, -0.2) is 30.3 Å². The average Bonchev–Trinajstić information content (AvgIpc) is 3.35. The number of hydrogen-bond donors (Lipinski definition) is 2. The zero-order valence-corrected chi connectivity index (χ0v) is 18.2. The number of thiazole rings is 1. The Morgan fingerprint density at radius 2 is 1.87 bits per heavy atom. The van der Waals surface area contributed by atoms with Gasteiger partial charge >= 0.3 is 0 Å². The number of rotatable bonds is 8. The molecule has 4 aromatic rings. The van der Waals surface area contributed by atoms with Crippen LogP contribution in [-0.2, 0) is 16.6 Å². The van der Waals surface area contributed by atoms with Gasteiger partial charge in [-0.2, -0.15) is 0 Å². The van der Waals surface area contributed by atoms with Gasteiger partial charge in [0.1, 0.15) is 5.75 Å². The molecule has 2 N–H and O–H groups in total. The second kappa shape index (κ2) is 8.78. The maximum Gasteiger partial charge on any atom is 0.261 e. The molecule has 0 spiro atoms. The first-order valence-electron chi connectivity index (χ1n) is 9.49. The Labute approximate surface area is 183 Å². The SMILES string of the molecule is CCOc1ccc(NS(=O)(=O)c2ccc(C(=O)NCc3cn4ccsc4n3)cc2)cc1. The second-order valence-electron chi connectivity index (χ2n) is 6.60. The summed E-state index contributed by atoms with van der Waals surface area (Å²) in [5, 5.41) is 4.73. The van der Waals surface area contributed by atoms with Crippen molar-refractivity contribution < 1.29 is 17.9 Å². The molecule has 2 aromatic carbocycles. The lowest BCUT2D eigenvalue weighted by Crippen LogP contribution is -2.23. The summed E-state index contributed by atoms with van der Waals surface area (Å²) in [6, 6.07) is 12.4. The summed E-state index contributed by atoms with van der Waals surface area (Å²) >= 11 is 1.52. The lowest BCUT2D eigenvalue weighted by atomic mass is 10.2. The molecule has 0 saturated carbocycles. The van der Waals surface area contributed by atoms with Gasteiger partial charge in [-0.25, -0.2) is 13.4 Å². The molecular weight excluding hydrogens is 436 g/mol. The van der Waals surface area contributed by atoms with E-state index < -0.39 is 10.0 Å². The van der Waals surface area contributed by atoms with Crippen molar-refractivity contribution in [3.8, 4) is 5.75 Å². The van der Waals surface area contributed by atoms with Gasteiger partial charge in [0.05, 0.1) is 23.7 Å². The molecule has 0 atom stereocenters. The van der Waals surface area contributed by atoms with Crippen LogP contribution in [0.25, 0.3) is 4.96 Å². The third-order valence-corrected chi connectivity index (χ3v) is 6.59. The van der Waals surface area contributed by atoms with Crippen molar-refractivity contribution in [3.05, 3.63) is 77.6 Å².